The van der Waals surface area contributed by atoms with Crippen molar-refractivity contribution in [2.75, 3.05) is 33.5 Å². The maximum atomic E-state index is 12.5. The van der Waals surface area contributed by atoms with Crippen molar-refractivity contribution in [1.82, 2.24) is 4.90 Å². The van der Waals surface area contributed by atoms with Gasteiger partial charge in [0, 0.05) is 35.6 Å². The van der Waals surface area contributed by atoms with Crippen LogP contribution in [0.4, 0.5) is 0 Å². The number of rotatable bonds is 8. The predicted octanol–water partition coefficient (Wildman–Crippen LogP) is 2.85. The number of amides is 1. The highest BCUT2D eigenvalue weighted by Gasteiger charge is 2.38. The molecule has 1 heterocycles. The zero-order valence-electron chi connectivity index (χ0n) is 15.3. The van der Waals surface area contributed by atoms with Crippen LogP contribution in [0, 0.1) is 10.8 Å². The van der Waals surface area contributed by atoms with Gasteiger partial charge < -0.3 is 19.5 Å². The first-order chi connectivity index (χ1) is 11.2. The number of carbonyl (C=O) groups is 1. The van der Waals surface area contributed by atoms with Gasteiger partial charge in [0.05, 0.1) is 19.8 Å². The molecule has 0 saturated carbocycles. The number of methoxy groups -OCH3 is 1. The molecule has 5 heteroatoms. The molecule has 1 aliphatic rings. The number of fused-ring (bicyclic) bond motifs is 1. The van der Waals surface area contributed by atoms with Gasteiger partial charge in [0.15, 0.2) is 6.23 Å². The van der Waals surface area contributed by atoms with Crippen LogP contribution in [0.2, 0.25) is 0 Å². The number of hydrogen-bond donors (Lipinski definition) is 1. The Morgan fingerprint density at radius 1 is 1.08 bits per heavy atom. The lowest BCUT2D eigenvalue weighted by Gasteiger charge is -2.33. The van der Waals surface area contributed by atoms with Crippen molar-refractivity contribution in [3.8, 4) is 0 Å². The summed E-state index contributed by atoms with van der Waals surface area (Å²) in [6.45, 7) is 10.4. The molecule has 1 N–H and O–H groups in total. The number of ether oxygens (including phenoxy) is 2. The Bertz CT molecular complexity index is 582. The molecule has 1 unspecified atom stereocenters. The standard InChI is InChI=1S/C19H29NO4/c1-18(2,12-24-13-19(3,4)11-23-5)10-20-16(21)14-8-6-7-9-15(14)17(20)22/h6-9,16,21H,10-13H2,1-5H3. The number of nitrogens with zero attached hydrogens (tertiary/aromatic N) is 1. The van der Waals surface area contributed by atoms with E-state index in [1.165, 1.54) is 4.90 Å². The largest absolute Gasteiger partial charge is 0.384 e. The van der Waals surface area contributed by atoms with Gasteiger partial charge in [-0.2, -0.15) is 0 Å². The Morgan fingerprint density at radius 2 is 1.71 bits per heavy atom. The van der Waals surface area contributed by atoms with E-state index in [0.717, 1.165) is 0 Å². The molecule has 1 aliphatic heterocycles. The van der Waals surface area contributed by atoms with Crippen molar-refractivity contribution >= 4 is 5.91 Å². The Hall–Kier alpha value is -1.43. The lowest BCUT2D eigenvalue weighted by molar-refractivity contribution is -0.0395. The molecule has 0 saturated heterocycles. The van der Waals surface area contributed by atoms with E-state index >= 15 is 0 Å². The molecule has 2 rings (SSSR count). The maximum absolute atomic E-state index is 12.5. The first-order valence-electron chi connectivity index (χ1n) is 8.31. The normalized spacial score (nSPS) is 18.2. The molecule has 5 nitrogen and oxygen atoms in total. The minimum atomic E-state index is -0.877. The van der Waals surface area contributed by atoms with Crippen molar-refractivity contribution in [1.29, 1.82) is 0 Å². The van der Waals surface area contributed by atoms with Gasteiger partial charge >= 0.3 is 0 Å². The second kappa shape index (κ2) is 7.21. The Labute approximate surface area is 144 Å². The van der Waals surface area contributed by atoms with Crippen LogP contribution in [0.25, 0.3) is 0 Å². The quantitative estimate of drug-likeness (QED) is 0.794. The van der Waals surface area contributed by atoms with Gasteiger partial charge in [0.25, 0.3) is 5.91 Å². The third kappa shape index (κ3) is 4.35. The molecular formula is C19H29NO4. The van der Waals surface area contributed by atoms with Crippen LogP contribution >= 0.6 is 0 Å². The highest BCUT2D eigenvalue weighted by molar-refractivity contribution is 5.98. The van der Waals surface area contributed by atoms with Crippen molar-refractivity contribution in [2.24, 2.45) is 10.8 Å². The van der Waals surface area contributed by atoms with Crippen molar-refractivity contribution in [2.45, 2.75) is 33.9 Å². The van der Waals surface area contributed by atoms with Crippen LogP contribution in [0.5, 0.6) is 0 Å². The predicted molar refractivity (Wildman–Crippen MR) is 92.7 cm³/mol. The van der Waals surface area contributed by atoms with E-state index in [-0.39, 0.29) is 16.7 Å². The van der Waals surface area contributed by atoms with Gasteiger partial charge in [-0.1, -0.05) is 45.9 Å². The fraction of sp³-hybridized carbons (Fsp3) is 0.632. The molecule has 24 heavy (non-hydrogen) atoms. The molecule has 0 radical (unpaired) electrons. The van der Waals surface area contributed by atoms with Crippen LogP contribution in [0.1, 0.15) is 49.8 Å². The van der Waals surface area contributed by atoms with Crippen LogP contribution in [0.3, 0.4) is 0 Å². The lowest BCUT2D eigenvalue weighted by atomic mass is 9.93. The summed E-state index contributed by atoms with van der Waals surface area (Å²) in [6.07, 6.45) is -0.877. The lowest BCUT2D eigenvalue weighted by Crippen LogP contribution is -2.40. The van der Waals surface area contributed by atoms with E-state index < -0.39 is 6.23 Å². The number of benzene rings is 1. The van der Waals surface area contributed by atoms with E-state index in [2.05, 4.69) is 13.8 Å². The fourth-order valence-electron chi connectivity index (χ4n) is 3.05. The monoisotopic (exact) mass is 335 g/mol. The summed E-state index contributed by atoms with van der Waals surface area (Å²) in [5.74, 6) is -0.120. The highest BCUT2D eigenvalue weighted by Crippen LogP contribution is 2.34. The van der Waals surface area contributed by atoms with E-state index in [1.54, 1.807) is 19.2 Å². The molecule has 0 spiro atoms. The van der Waals surface area contributed by atoms with Crippen molar-refractivity contribution in [3.63, 3.8) is 0 Å². The second-order valence-corrected chi connectivity index (χ2v) is 8.15. The van der Waals surface area contributed by atoms with Crippen molar-refractivity contribution < 1.29 is 19.4 Å². The molecule has 134 valence electrons. The van der Waals surface area contributed by atoms with Gasteiger partial charge in [0.1, 0.15) is 0 Å². The molecule has 1 amide bonds. The average Bonchev–Trinajstić information content (AvgIpc) is 2.72. The molecule has 1 atom stereocenters. The maximum Gasteiger partial charge on any atom is 0.256 e. The summed E-state index contributed by atoms with van der Waals surface area (Å²) >= 11 is 0. The summed E-state index contributed by atoms with van der Waals surface area (Å²) in [6, 6.07) is 7.22. The smallest absolute Gasteiger partial charge is 0.256 e. The van der Waals surface area contributed by atoms with Crippen LogP contribution in [-0.4, -0.2) is 49.4 Å². The van der Waals surface area contributed by atoms with E-state index in [0.29, 0.717) is 37.5 Å². The summed E-state index contributed by atoms with van der Waals surface area (Å²) < 4.78 is 11.1. The molecule has 0 aromatic heterocycles. The minimum Gasteiger partial charge on any atom is -0.384 e. The highest BCUT2D eigenvalue weighted by atomic mass is 16.5. The Kier molecular flexibility index (Phi) is 5.68. The van der Waals surface area contributed by atoms with Gasteiger partial charge in [-0.05, 0) is 6.07 Å². The van der Waals surface area contributed by atoms with Gasteiger partial charge in [-0.25, -0.2) is 0 Å². The topological polar surface area (TPSA) is 59.0 Å². The average molecular weight is 335 g/mol. The summed E-state index contributed by atoms with van der Waals surface area (Å²) in [5, 5.41) is 10.4. The molecule has 1 aromatic rings. The number of hydrogen-bond acceptors (Lipinski definition) is 4. The first-order valence-corrected chi connectivity index (χ1v) is 8.31. The van der Waals surface area contributed by atoms with Gasteiger partial charge in [-0.3, -0.25) is 4.79 Å². The number of aliphatic hydroxyl groups is 1. The van der Waals surface area contributed by atoms with Crippen LogP contribution in [-0.2, 0) is 9.47 Å². The van der Waals surface area contributed by atoms with Crippen LogP contribution in [0.15, 0.2) is 24.3 Å². The fourth-order valence-corrected chi connectivity index (χ4v) is 3.05. The SMILES string of the molecule is COCC(C)(C)COCC(C)(C)CN1C(=O)c2ccccc2C1O. The molecular weight excluding hydrogens is 306 g/mol. The van der Waals surface area contributed by atoms with E-state index in [9.17, 15) is 9.90 Å². The van der Waals surface area contributed by atoms with Gasteiger partial charge in [0.2, 0.25) is 0 Å². The Morgan fingerprint density at radius 3 is 2.33 bits per heavy atom. The molecule has 0 fully saturated rings. The van der Waals surface area contributed by atoms with Crippen LogP contribution < -0.4 is 0 Å². The van der Waals surface area contributed by atoms with Crippen molar-refractivity contribution in [3.05, 3.63) is 35.4 Å². The molecule has 0 bridgehead atoms. The molecule has 0 aliphatic carbocycles. The zero-order valence-corrected chi connectivity index (χ0v) is 15.3. The minimum absolute atomic E-state index is 0.0515. The first kappa shape index (κ1) is 18.9. The molecule has 1 aromatic carbocycles. The summed E-state index contributed by atoms with van der Waals surface area (Å²) in [7, 11) is 1.68. The number of aliphatic hydroxyl groups excluding tert-OH is 1. The van der Waals surface area contributed by atoms with Gasteiger partial charge in [-0.15, -0.1) is 0 Å². The summed E-state index contributed by atoms with van der Waals surface area (Å²) in [4.78, 5) is 14.0. The summed E-state index contributed by atoms with van der Waals surface area (Å²) in [5.41, 5.74) is 0.953. The third-order valence-electron chi connectivity index (χ3n) is 4.14. The third-order valence-corrected chi connectivity index (χ3v) is 4.14. The second-order valence-electron chi connectivity index (χ2n) is 8.15. The number of carbonyl (C=O) groups excluding carboxylic acids is 1. The zero-order chi connectivity index (χ0) is 18.0. The van der Waals surface area contributed by atoms with E-state index in [1.807, 2.05) is 26.0 Å². The van der Waals surface area contributed by atoms with E-state index in [4.69, 9.17) is 9.47 Å². The Balaban J connectivity index is 1.94.